The number of hydrogen-bond acceptors (Lipinski definition) is 1. The molecule has 0 saturated heterocycles. The van der Waals surface area contributed by atoms with Crippen LogP contribution < -0.4 is 0 Å². The van der Waals surface area contributed by atoms with E-state index in [1.54, 1.807) is 0 Å². The number of carbonyl (C=O) groups is 1. The van der Waals surface area contributed by atoms with Crippen molar-refractivity contribution < 1.29 is 4.79 Å². The summed E-state index contributed by atoms with van der Waals surface area (Å²) in [6.45, 7) is 4.50. The summed E-state index contributed by atoms with van der Waals surface area (Å²) in [5.74, 6) is 1.70. The normalized spacial score (nSPS) is 26.0. The van der Waals surface area contributed by atoms with Crippen LogP contribution in [0, 0.1) is 11.8 Å². The largest absolute Gasteiger partial charge is 0.299 e. The van der Waals surface area contributed by atoms with Crippen LogP contribution in [0.3, 0.4) is 0 Å². The molecule has 1 aliphatic rings. The van der Waals surface area contributed by atoms with Crippen LogP contribution in [0.25, 0.3) is 0 Å². The molecule has 13 heavy (non-hydrogen) atoms. The van der Waals surface area contributed by atoms with Gasteiger partial charge in [0, 0.05) is 12.3 Å². The van der Waals surface area contributed by atoms with Crippen molar-refractivity contribution in [1.82, 2.24) is 0 Å². The zero-order chi connectivity index (χ0) is 9.68. The Morgan fingerprint density at radius 2 is 2.23 bits per heavy atom. The second-order valence-corrected chi connectivity index (χ2v) is 4.54. The summed E-state index contributed by atoms with van der Waals surface area (Å²) in [6, 6.07) is 0. The lowest BCUT2D eigenvalue weighted by Crippen LogP contribution is -2.21. The lowest BCUT2D eigenvalue weighted by molar-refractivity contribution is -0.125. The van der Waals surface area contributed by atoms with Crippen LogP contribution in [0.2, 0.25) is 0 Å². The zero-order valence-corrected chi connectivity index (χ0v) is 9.01. The Labute approximate surface area is 81.9 Å². The van der Waals surface area contributed by atoms with Crippen LogP contribution in [0.5, 0.6) is 0 Å². The fourth-order valence-electron chi connectivity index (χ4n) is 2.40. The molecule has 0 heterocycles. The Balaban J connectivity index is 2.29. The standard InChI is InChI=1S/C12H22O/c1-3-6-10(2)9-11-7-4-5-8-12(11)13/h10-11H,3-9H2,1-2H3/t10-,11+/m1/s1. The summed E-state index contributed by atoms with van der Waals surface area (Å²) < 4.78 is 0. The highest BCUT2D eigenvalue weighted by molar-refractivity contribution is 5.81. The van der Waals surface area contributed by atoms with E-state index in [1.165, 1.54) is 19.3 Å². The van der Waals surface area contributed by atoms with E-state index in [9.17, 15) is 4.79 Å². The molecule has 0 aromatic heterocycles. The Bertz CT molecular complexity index is 163. The fourth-order valence-corrected chi connectivity index (χ4v) is 2.40. The van der Waals surface area contributed by atoms with Crippen LogP contribution in [-0.4, -0.2) is 5.78 Å². The SMILES string of the molecule is CCC[C@@H](C)C[C@@H]1CCCCC1=O. The summed E-state index contributed by atoms with van der Waals surface area (Å²) >= 11 is 0. The van der Waals surface area contributed by atoms with E-state index in [4.69, 9.17) is 0 Å². The average molecular weight is 182 g/mol. The van der Waals surface area contributed by atoms with Gasteiger partial charge in [0.25, 0.3) is 0 Å². The van der Waals surface area contributed by atoms with Crippen LogP contribution in [0.1, 0.15) is 58.8 Å². The molecule has 76 valence electrons. The van der Waals surface area contributed by atoms with Gasteiger partial charge in [0.05, 0.1) is 0 Å². The van der Waals surface area contributed by atoms with E-state index in [1.807, 2.05) is 0 Å². The van der Waals surface area contributed by atoms with Crippen molar-refractivity contribution >= 4 is 5.78 Å². The lowest BCUT2D eigenvalue weighted by atomic mass is 9.81. The van der Waals surface area contributed by atoms with Gasteiger partial charge in [-0.2, -0.15) is 0 Å². The third-order valence-electron chi connectivity index (χ3n) is 3.15. The van der Waals surface area contributed by atoms with Crippen LogP contribution >= 0.6 is 0 Å². The minimum atomic E-state index is 0.412. The minimum absolute atomic E-state index is 0.412. The highest BCUT2D eigenvalue weighted by Gasteiger charge is 2.23. The molecular formula is C12H22O. The van der Waals surface area contributed by atoms with E-state index >= 15 is 0 Å². The van der Waals surface area contributed by atoms with Gasteiger partial charge in [0.15, 0.2) is 0 Å². The lowest BCUT2D eigenvalue weighted by Gasteiger charge is -2.23. The molecule has 1 rings (SSSR count). The Kier molecular flexibility index (Phi) is 4.47. The predicted molar refractivity (Wildman–Crippen MR) is 55.7 cm³/mol. The second-order valence-electron chi connectivity index (χ2n) is 4.54. The van der Waals surface area contributed by atoms with Crippen molar-refractivity contribution in [2.45, 2.75) is 58.8 Å². The van der Waals surface area contributed by atoms with Gasteiger partial charge in [-0.3, -0.25) is 4.79 Å². The van der Waals surface area contributed by atoms with Gasteiger partial charge >= 0.3 is 0 Å². The highest BCUT2D eigenvalue weighted by Crippen LogP contribution is 2.27. The van der Waals surface area contributed by atoms with Gasteiger partial charge in [0.1, 0.15) is 5.78 Å². The maximum Gasteiger partial charge on any atom is 0.135 e. The molecule has 0 unspecified atom stereocenters. The number of carbonyl (C=O) groups excluding carboxylic acids is 1. The van der Waals surface area contributed by atoms with Crippen molar-refractivity contribution in [2.24, 2.45) is 11.8 Å². The summed E-state index contributed by atoms with van der Waals surface area (Å²) in [6.07, 6.45) is 8.10. The first-order valence-electron chi connectivity index (χ1n) is 5.76. The Morgan fingerprint density at radius 3 is 2.85 bits per heavy atom. The number of hydrogen-bond donors (Lipinski definition) is 0. The quantitative estimate of drug-likeness (QED) is 0.649. The molecule has 0 aromatic rings. The van der Waals surface area contributed by atoms with Gasteiger partial charge in [-0.25, -0.2) is 0 Å². The molecule has 0 spiro atoms. The van der Waals surface area contributed by atoms with E-state index in [2.05, 4.69) is 13.8 Å². The van der Waals surface area contributed by atoms with Gasteiger partial charge in [-0.15, -0.1) is 0 Å². The molecule has 2 atom stereocenters. The summed E-state index contributed by atoms with van der Waals surface area (Å²) in [7, 11) is 0. The fraction of sp³-hybridized carbons (Fsp3) is 0.917. The van der Waals surface area contributed by atoms with Gasteiger partial charge in [-0.05, 0) is 25.2 Å². The molecule has 1 saturated carbocycles. The molecule has 1 nitrogen and oxygen atoms in total. The molecule has 0 N–H and O–H groups in total. The maximum atomic E-state index is 11.5. The third-order valence-corrected chi connectivity index (χ3v) is 3.15. The van der Waals surface area contributed by atoms with Crippen molar-refractivity contribution in [1.29, 1.82) is 0 Å². The second kappa shape index (κ2) is 5.41. The molecule has 1 aliphatic carbocycles. The molecule has 0 aromatic carbocycles. The van der Waals surface area contributed by atoms with Crippen molar-refractivity contribution in [3.8, 4) is 0 Å². The number of Topliss-reactive ketones (excluding diaryl/α,β-unsaturated/α-hetero) is 1. The van der Waals surface area contributed by atoms with Crippen molar-refractivity contribution in [2.75, 3.05) is 0 Å². The van der Waals surface area contributed by atoms with Gasteiger partial charge < -0.3 is 0 Å². The van der Waals surface area contributed by atoms with Crippen LogP contribution in [0.15, 0.2) is 0 Å². The number of rotatable bonds is 4. The first-order valence-corrected chi connectivity index (χ1v) is 5.76. The molecule has 0 amide bonds. The topological polar surface area (TPSA) is 17.1 Å². The molecule has 0 aliphatic heterocycles. The Hall–Kier alpha value is -0.330. The summed E-state index contributed by atoms with van der Waals surface area (Å²) in [4.78, 5) is 11.5. The summed E-state index contributed by atoms with van der Waals surface area (Å²) in [5, 5.41) is 0. The van der Waals surface area contributed by atoms with E-state index in [0.717, 1.165) is 31.6 Å². The third kappa shape index (κ3) is 3.50. The molecule has 0 bridgehead atoms. The minimum Gasteiger partial charge on any atom is -0.299 e. The smallest absolute Gasteiger partial charge is 0.135 e. The first kappa shape index (κ1) is 10.7. The highest BCUT2D eigenvalue weighted by atomic mass is 16.1. The average Bonchev–Trinajstić information content (AvgIpc) is 2.09. The molecule has 0 radical (unpaired) electrons. The Morgan fingerprint density at radius 1 is 1.46 bits per heavy atom. The zero-order valence-electron chi connectivity index (χ0n) is 9.01. The predicted octanol–water partition coefficient (Wildman–Crippen LogP) is 3.57. The molecular weight excluding hydrogens is 160 g/mol. The van der Waals surface area contributed by atoms with Crippen molar-refractivity contribution in [3.63, 3.8) is 0 Å². The van der Waals surface area contributed by atoms with Crippen LogP contribution in [-0.2, 0) is 4.79 Å². The van der Waals surface area contributed by atoms with Gasteiger partial charge in [0.2, 0.25) is 0 Å². The van der Waals surface area contributed by atoms with E-state index < -0.39 is 0 Å². The van der Waals surface area contributed by atoms with E-state index in [0.29, 0.717) is 11.7 Å². The summed E-state index contributed by atoms with van der Waals surface area (Å²) in [5.41, 5.74) is 0. The molecule has 1 heteroatoms. The first-order chi connectivity index (χ1) is 6.24. The molecule has 1 fully saturated rings. The maximum absolute atomic E-state index is 11.5. The van der Waals surface area contributed by atoms with Gasteiger partial charge in [-0.1, -0.05) is 33.1 Å². The van der Waals surface area contributed by atoms with E-state index in [-0.39, 0.29) is 0 Å². The van der Waals surface area contributed by atoms with Crippen LogP contribution in [0.4, 0.5) is 0 Å². The monoisotopic (exact) mass is 182 g/mol. The number of ketones is 1. The van der Waals surface area contributed by atoms with Crippen molar-refractivity contribution in [3.05, 3.63) is 0 Å².